The Hall–Kier alpha value is -3.83. The Labute approximate surface area is 224 Å². The van der Waals surface area contributed by atoms with Crippen LogP contribution in [-0.4, -0.2) is 52.8 Å². The lowest BCUT2D eigenvalue weighted by atomic mass is 10.1. The largest absolute Gasteiger partial charge is 0.493 e. The van der Waals surface area contributed by atoms with Gasteiger partial charge in [0.25, 0.3) is 0 Å². The molecule has 5 rings (SSSR count). The fraction of sp³-hybridized carbons (Fsp3) is 0.280. The van der Waals surface area contributed by atoms with Crippen molar-refractivity contribution in [3.8, 4) is 34.1 Å². The second-order valence-electron chi connectivity index (χ2n) is 8.40. The number of aromatic nitrogens is 3. The maximum absolute atomic E-state index is 7.72. The van der Waals surface area contributed by atoms with Gasteiger partial charge in [0.15, 0.2) is 22.6 Å². The highest BCUT2D eigenvalue weighted by molar-refractivity contribution is 7.14. The maximum atomic E-state index is 7.72. The molecule has 0 bridgehead atoms. The minimum Gasteiger partial charge on any atom is -0.493 e. The van der Waals surface area contributed by atoms with Crippen molar-refractivity contribution < 1.29 is 14.0 Å². The van der Waals surface area contributed by atoms with Gasteiger partial charge in [0, 0.05) is 41.2 Å². The molecule has 37 heavy (non-hydrogen) atoms. The van der Waals surface area contributed by atoms with E-state index in [4.69, 9.17) is 30.1 Å². The van der Waals surface area contributed by atoms with Crippen LogP contribution in [-0.2, 0) is 6.42 Å². The van der Waals surface area contributed by atoms with Crippen molar-refractivity contribution in [3.63, 3.8) is 0 Å². The van der Waals surface area contributed by atoms with Gasteiger partial charge in [0.2, 0.25) is 11.7 Å². The van der Waals surface area contributed by atoms with Crippen molar-refractivity contribution in [1.82, 2.24) is 20.0 Å². The Balaban J connectivity index is 0.00000320. The number of nitrogens with two attached hydrogens (primary N) is 1. The molecule has 0 radical (unpaired) electrons. The molecule has 0 aliphatic carbocycles. The van der Waals surface area contributed by atoms with E-state index in [9.17, 15) is 0 Å². The van der Waals surface area contributed by atoms with Gasteiger partial charge in [-0.25, -0.2) is 4.98 Å². The molecule has 0 amide bonds. The molecule has 1 aliphatic rings. The fourth-order valence-corrected chi connectivity index (χ4v) is 5.05. The number of guanidine groups is 1. The van der Waals surface area contributed by atoms with Crippen LogP contribution in [0.2, 0.25) is 0 Å². The Kier molecular flexibility index (Phi) is 8.14. The number of hydrogen-bond donors (Lipinski definition) is 3. The lowest BCUT2D eigenvalue weighted by molar-refractivity contribution is 0.320. The predicted octanol–water partition coefficient (Wildman–Crippen LogP) is 4.94. The number of ether oxygens (including phenoxy) is 2. The molecule has 1 saturated heterocycles. The molecular weight excluding hydrogens is 514 g/mol. The molecule has 1 atom stereocenters. The highest BCUT2D eigenvalue weighted by Crippen LogP contribution is 2.34. The van der Waals surface area contributed by atoms with Crippen LogP contribution in [0.5, 0.6) is 11.5 Å². The van der Waals surface area contributed by atoms with E-state index in [2.05, 4.69) is 15.5 Å². The normalized spacial score (nSPS) is 14.8. The zero-order valence-corrected chi connectivity index (χ0v) is 22.1. The summed E-state index contributed by atoms with van der Waals surface area (Å²) in [5.41, 5.74) is 9.24. The molecular formula is C25H28ClN7O3S. The second kappa shape index (κ2) is 11.5. The first-order chi connectivity index (χ1) is 17.5. The van der Waals surface area contributed by atoms with Crippen LogP contribution in [0.25, 0.3) is 22.6 Å². The van der Waals surface area contributed by atoms with Crippen LogP contribution in [0.15, 0.2) is 52.4 Å². The first-order valence-corrected chi connectivity index (χ1v) is 12.4. The molecule has 0 unspecified atom stereocenters. The molecule has 3 heterocycles. The Morgan fingerprint density at radius 1 is 1.14 bits per heavy atom. The average molecular weight is 542 g/mol. The molecule has 1 aliphatic heterocycles. The number of nitrogens with one attached hydrogen (secondary N) is 2. The van der Waals surface area contributed by atoms with Gasteiger partial charge in [0.1, 0.15) is 0 Å². The minimum absolute atomic E-state index is 0. The van der Waals surface area contributed by atoms with Gasteiger partial charge in [-0.2, -0.15) is 4.98 Å². The minimum atomic E-state index is 0. The number of anilines is 2. The van der Waals surface area contributed by atoms with Crippen LogP contribution in [0.1, 0.15) is 18.7 Å². The van der Waals surface area contributed by atoms with E-state index in [0.29, 0.717) is 29.6 Å². The van der Waals surface area contributed by atoms with E-state index in [0.717, 1.165) is 47.0 Å². The van der Waals surface area contributed by atoms with E-state index < -0.39 is 0 Å². The summed E-state index contributed by atoms with van der Waals surface area (Å²) >= 11 is 1.52. The number of thiazole rings is 1. The first kappa shape index (κ1) is 26.2. The van der Waals surface area contributed by atoms with Gasteiger partial charge in [-0.05, 0) is 55.3 Å². The standard InChI is InChI=1S/C25H27N7O3S.ClH/c1-33-20-10-7-16(12-21(20)34-2)19-14-36-25(29-19)28-17-8-5-15(6-9-17)23-30-22(35-31-23)13-18-4-3-11-32(18)24(26)27;/h5-10,12,14,18H,3-4,11,13H2,1-2H3,(H3,26,27)(H,28,29);1H/t18-;/m0./s1. The fourth-order valence-electron chi connectivity index (χ4n) is 4.31. The number of methoxy groups -OCH3 is 2. The molecule has 10 nitrogen and oxygen atoms in total. The second-order valence-corrected chi connectivity index (χ2v) is 9.26. The summed E-state index contributed by atoms with van der Waals surface area (Å²) in [7, 11) is 3.23. The van der Waals surface area contributed by atoms with Crippen molar-refractivity contribution >= 4 is 40.5 Å². The first-order valence-electron chi connectivity index (χ1n) is 11.5. The maximum Gasteiger partial charge on any atom is 0.229 e. The third kappa shape index (κ3) is 5.78. The Bertz CT molecular complexity index is 1360. The third-order valence-electron chi connectivity index (χ3n) is 6.14. The van der Waals surface area contributed by atoms with E-state index >= 15 is 0 Å². The van der Waals surface area contributed by atoms with Gasteiger partial charge in [-0.1, -0.05) is 5.16 Å². The lowest BCUT2D eigenvalue weighted by Gasteiger charge is -2.23. The highest BCUT2D eigenvalue weighted by Gasteiger charge is 2.27. The number of halogens is 1. The topological polar surface area (TPSA) is 135 Å². The zero-order chi connectivity index (χ0) is 25.1. The van der Waals surface area contributed by atoms with Crippen LogP contribution < -0.4 is 20.5 Å². The van der Waals surface area contributed by atoms with Crippen molar-refractivity contribution in [2.45, 2.75) is 25.3 Å². The van der Waals surface area contributed by atoms with Crippen LogP contribution in [0.3, 0.4) is 0 Å². The molecule has 0 saturated carbocycles. The summed E-state index contributed by atoms with van der Waals surface area (Å²) in [6, 6.07) is 13.7. The van der Waals surface area contributed by atoms with Crippen molar-refractivity contribution in [3.05, 3.63) is 53.7 Å². The Morgan fingerprint density at radius 2 is 1.89 bits per heavy atom. The van der Waals surface area contributed by atoms with E-state index in [-0.39, 0.29) is 24.4 Å². The average Bonchev–Trinajstić information content (AvgIpc) is 3.66. The molecule has 2 aromatic carbocycles. The summed E-state index contributed by atoms with van der Waals surface area (Å²) in [6.45, 7) is 0.796. The van der Waals surface area contributed by atoms with Crippen LogP contribution in [0.4, 0.5) is 10.8 Å². The van der Waals surface area contributed by atoms with E-state index in [1.54, 1.807) is 14.2 Å². The van der Waals surface area contributed by atoms with Gasteiger partial charge in [0.05, 0.1) is 19.9 Å². The third-order valence-corrected chi connectivity index (χ3v) is 6.90. The summed E-state index contributed by atoms with van der Waals surface area (Å²) in [6.07, 6.45) is 2.55. The predicted molar refractivity (Wildman–Crippen MR) is 146 cm³/mol. The molecule has 2 aromatic heterocycles. The lowest BCUT2D eigenvalue weighted by Crippen LogP contribution is -2.41. The molecule has 0 spiro atoms. The smallest absolute Gasteiger partial charge is 0.229 e. The molecule has 4 N–H and O–H groups in total. The highest BCUT2D eigenvalue weighted by atomic mass is 35.5. The van der Waals surface area contributed by atoms with Crippen molar-refractivity contribution in [2.75, 3.05) is 26.1 Å². The van der Waals surface area contributed by atoms with Crippen LogP contribution in [0, 0.1) is 5.41 Å². The summed E-state index contributed by atoms with van der Waals surface area (Å²) in [4.78, 5) is 11.1. The van der Waals surface area contributed by atoms with Crippen molar-refractivity contribution in [1.29, 1.82) is 5.41 Å². The van der Waals surface area contributed by atoms with Crippen LogP contribution >= 0.6 is 23.7 Å². The molecule has 194 valence electrons. The van der Waals surface area contributed by atoms with Gasteiger partial charge < -0.3 is 29.9 Å². The van der Waals surface area contributed by atoms with Gasteiger partial charge in [-0.3, -0.25) is 5.41 Å². The van der Waals surface area contributed by atoms with Gasteiger partial charge in [-0.15, -0.1) is 23.7 Å². The summed E-state index contributed by atoms with van der Waals surface area (Å²) in [5, 5.41) is 18.0. The molecule has 12 heteroatoms. The van der Waals surface area contributed by atoms with E-state index in [1.807, 2.05) is 52.7 Å². The monoisotopic (exact) mass is 541 g/mol. The SMILES string of the molecule is COc1ccc(-c2csc(Nc3ccc(-c4noc(C[C@@H]5CCCN5C(=N)N)n4)cc3)n2)cc1OC.Cl. The molecule has 4 aromatic rings. The number of likely N-dealkylation sites (tertiary alicyclic amines) is 1. The number of rotatable bonds is 8. The Morgan fingerprint density at radius 3 is 2.62 bits per heavy atom. The zero-order valence-electron chi connectivity index (χ0n) is 20.4. The van der Waals surface area contributed by atoms with Gasteiger partial charge >= 0.3 is 0 Å². The summed E-state index contributed by atoms with van der Waals surface area (Å²) in [5.74, 6) is 2.53. The number of hydrogen-bond acceptors (Lipinski definition) is 9. The summed E-state index contributed by atoms with van der Waals surface area (Å²) < 4.78 is 16.2. The number of nitrogens with zero attached hydrogens (tertiary/aromatic N) is 4. The number of benzene rings is 2. The molecule has 1 fully saturated rings. The quantitative estimate of drug-likeness (QED) is 0.209. The van der Waals surface area contributed by atoms with Crippen molar-refractivity contribution in [2.24, 2.45) is 5.73 Å². The van der Waals surface area contributed by atoms with E-state index in [1.165, 1.54) is 11.3 Å².